The molecule has 2 saturated heterocycles. The Labute approximate surface area is 138 Å². The first-order chi connectivity index (χ1) is 11.0. The quantitative estimate of drug-likeness (QED) is 0.917. The van der Waals surface area contributed by atoms with Crippen LogP contribution in [0.25, 0.3) is 0 Å². The van der Waals surface area contributed by atoms with E-state index in [2.05, 4.69) is 30.9 Å². The lowest BCUT2D eigenvalue weighted by Gasteiger charge is -2.35. The summed E-state index contributed by atoms with van der Waals surface area (Å²) in [5.41, 5.74) is 7.88. The second-order valence-electron chi connectivity index (χ2n) is 6.95. The zero-order valence-electron chi connectivity index (χ0n) is 14.1. The van der Waals surface area contributed by atoms with E-state index in [9.17, 15) is 4.79 Å². The Hall–Kier alpha value is -1.43. The SMILES string of the molecule is C[C@@H]1CN(Cc2ccc(C(=O)N3CC[C@@H](N)C3)cc2)C[C@@H](C)O1. The van der Waals surface area contributed by atoms with Crippen molar-refractivity contribution in [3.8, 4) is 0 Å². The molecule has 23 heavy (non-hydrogen) atoms. The van der Waals surface area contributed by atoms with Gasteiger partial charge in [0.2, 0.25) is 0 Å². The number of hydrogen-bond acceptors (Lipinski definition) is 4. The summed E-state index contributed by atoms with van der Waals surface area (Å²) >= 11 is 0. The first-order valence-corrected chi connectivity index (χ1v) is 8.53. The highest BCUT2D eigenvalue weighted by atomic mass is 16.5. The predicted molar refractivity (Wildman–Crippen MR) is 90.2 cm³/mol. The van der Waals surface area contributed by atoms with Gasteiger partial charge in [0.25, 0.3) is 5.91 Å². The monoisotopic (exact) mass is 317 g/mol. The van der Waals surface area contributed by atoms with Crippen LogP contribution in [0.4, 0.5) is 0 Å². The molecule has 1 amide bonds. The van der Waals surface area contributed by atoms with Gasteiger partial charge in [0.15, 0.2) is 0 Å². The number of ether oxygens (including phenoxy) is 1. The molecule has 0 bridgehead atoms. The summed E-state index contributed by atoms with van der Waals surface area (Å²) in [5.74, 6) is 0.0955. The number of amides is 1. The molecular weight excluding hydrogens is 290 g/mol. The minimum Gasteiger partial charge on any atom is -0.373 e. The molecule has 2 aliphatic rings. The van der Waals surface area contributed by atoms with Crippen LogP contribution in [0.1, 0.15) is 36.2 Å². The minimum atomic E-state index is 0.0955. The minimum absolute atomic E-state index is 0.0955. The molecule has 2 fully saturated rings. The predicted octanol–water partition coefficient (Wildman–Crippen LogP) is 1.47. The maximum atomic E-state index is 12.4. The average molecular weight is 317 g/mol. The lowest BCUT2D eigenvalue weighted by atomic mass is 10.1. The number of likely N-dealkylation sites (tertiary alicyclic amines) is 1. The van der Waals surface area contributed by atoms with Crippen LogP contribution in [0.2, 0.25) is 0 Å². The summed E-state index contributed by atoms with van der Waals surface area (Å²) in [4.78, 5) is 16.7. The van der Waals surface area contributed by atoms with E-state index in [1.165, 1.54) is 5.56 Å². The van der Waals surface area contributed by atoms with Crippen molar-refractivity contribution in [3.63, 3.8) is 0 Å². The second kappa shape index (κ2) is 6.99. The van der Waals surface area contributed by atoms with Gasteiger partial charge in [-0.2, -0.15) is 0 Å². The molecule has 0 saturated carbocycles. The fraction of sp³-hybridized carbons (Fsp3) is 0.611. The smallest absolute Gasteiger partial charge is 0.253 e. The zero-order chi connectivity index (χ0) is 16.4. The summed E-state index contributed by atoms with van der Waals surface area (Å²) in [6.45, 7) is 8.49. The summed E-state index contributed by atoms with van der Waals surface area (Å²) in [6.07, 6.45) is 1.45. The number of hydrogen-bond donors (Lipinski definition) is 1. The third-order valence-corrected chi connectivity index (χ3v) is 4.61. The molecule has 2 aliphatic heterocycles. The number of nitrogens with zero attached hydrogens (tertiary/aromatic N) is 2. The molecule has 5 nitrogen and oxygen atoms in total. The van der Waals surface area contributed by atoms with Gasteiger partial charge in [0.1, 0.15) is 0 Å². The van der Waals surface area contributed by atoms with Crippen molar-refractivity contribution in [2.24, 2.45) is 5.73 Å². The highest BCUT2D eigenvalue weighted by Gasteiger charge is 2.25. The summed E-state index contributed by atoms with van der Waals surface area (Å²) in [5, 5.41) is 0. The van der Waals surface area contributed by atoms with Crippen LogP contribution in [0.15, 0.2) is 24.3 Å². The van der Waals surface area contributed by atoms with E-state index < -0.39 is 0 Å². The molecule has 1 aromatic carbocycles. The lowest BCUT2D eigenvalue weighted by molar-refractivity contribution is -0.0704. The largest absolute Gasteiger partial charge is 0.373 e. The van der Waals surface area contributed by atoms with E-state index in [1.807, 2.05) is 17.0 Å². The zero-order valence-corrected chi connectivity index (χ0v) is 14.1. The molecule has 0 spiro atoms. The first-order valence-electron chi connectivity index (χ1n) is 8.53. The maximum absolute atomic E-state index is 12.4. The normalized spacial score (nSPS) is 29.0. The number of benzene rings is 1. The summed E-state index contributed by atoms with van der Waals surface area (Å²) in [6, 6.07) is 8.13. The van der Waals surface area contributed by atoms with Gasteiger partial charge in [-0.25, -0.2) is 0 Å². The van der Waals surface area contributed by atoms with Crippen LogP contribution in [-0.2, 0) is 11.3 Å². The third-order valence-electron chi connectivity index (χ3n) is 4.61. The Morgan fingerprint density at radius 2 is 1.83 bits per heavy atom. The number of carbonyl (C=O) groups excluding carboxylic acids is 1. The lowest BCUT2D eigenvalue weighted by Crippen LogP contribution is -2.44. The van der Waals surface area contributed by atoms with E-state index in [0.29, 0.717) is 6.54 Å². The maximum Gasteiger partial charge on any atom is 0.253 e. The molecular formula is C18H27N3O2. The van der Waals surface area contributed by atoms with Crippen molar-refractivity contribution in [2.45, 2.75) is 45.1 Å². The molecule has 0 aliphatic carbocycles. The van der Waals surface area contributed by atoms with E-state index in [1.54, 1.807) is 0 Å². The van der Waals surface area contributed by atoms with Crippen LogP contribution >= 0.6 is 0 Å². The standard InChI is InChI=1S/C18H27N3O2/c1-13-9-20(10-14(2)23-13)11-15-3-5-16(6-4-15)18(22)21-8-7-17(19)12-21/h3-6,13-14,17H,7-12,19H2,1-2H3/t13-,14-,17-/m1/s1. The van der Waals surface area contributed by atoms with Gasteiger partial charge in [-0.3, -0.25) is 9.69 Å². The van der Waals surface area contributed by atoms with E-state index >= 15 is 0 Å². The average Bonchev–Trinajstić information content (AvgIpc) is 2.93. The van der Waals surface area contributed by atoms with Crippen LogP contribution < -0.4 is 5.73 Å². The van der Waals surface area contributed by atoms with Gasteiger partial charge in [-0.15, -0.1) is 0 Å². The Morgan fingerprint density at radius 3 is 2.39 bits per heavy atom. The fourth-order valence-corrected chi connectivity index (χ4v) is 3.58. The van der Waals surface area contributed by atoms with Crippen LogP contribution in [0, 0.1) is 0 Å². The number of carbonyl (C=O) groups is 1. The third kappa shape index (κ3) is 4.10. The van der Waals surface area contributed by atoms with Gasteiger partial charge < -0.3 is 15.4 Å². The highest BCUT2D eigenvalue weighted by Crippen LogP contribution is 2.16. The van der Waals surface area contributed by atoms with Gasteiger partial charge in [-0.05, 0) is 38.0 Å². The van der Waals surface area contributed by atoms with Crippen molar-refractivity contribution in [2.75, 3.05) is 26.2 Å². The van der Waals surface area contributed by atoms with Gasteiger partial charge in [-0.1, -0.05) is 12.1 Å². The molecule has 126 valence electrons. The second-order valence-corrected chi connectivity index (χ2v) is 6.95. The van der Waals surface area contributed by atoms with Crippen molar-refractivity contribution in [1.29, 1.82) is 0 Å². The van der Waals surface area contributed by atoms with Gasteiger partial charge >= 0.3 is 0 Å². The fourth-order valence-electron chi connectivity index (χ4n) is 3.58. The molecule has 0 aromatic heterocycles. The van der Waals surface area contributed by atoms with Crippen molar-refractivity contribution in [3.05, 3.63) is 35.4 Å². The van der Waals surface area contributed by atoms with Gasteiger partial charge in [0, 0.05) is 44.3 Å². The van der Waals surface area contributed by atoms with Crippen LogP contribution in [-0.4, -0.2) is 60.1 Å². The van der Waals surface area contributed by atoms with Crippen molar-refractivity contribution >= 4 is 5.91 Å². The molecule has 3 atom stereocenters. The van der Waals surface area contributed by atoms with Crippen molar-refractivity contribution < 1.29 is 9.53 Å². The first kappa shape index (κ1) is 16.4. The number of rotatable bonds is 3. The topological polar surface area (TPSA) is 58.8 Å². The Bertz CT molecular complexity index is 536. The summed E-state index contributed by atoms with van der Waals surface area (Å²) < 4.78 is 5.77. The number of morpholine rings is 1. The van der Waals surface area contributed by atoms with Gasteiger partial charge in [0.05, 0.1) is 12.2 Å². The Kier molecular flexibility index (Phi) is 4.99. The number of nitrogens with two attached hydrogens (primary N) is 1. The molecule has 3 rings (SSSR count). The van der Waals surface area contributed by atoms with E-state index in [0.717, 1.165) is 38.2 Å². The molecule has 0 unspecified atom stereocenters. The van der Waals surface area contributed by atoms with Crippen molar-refractivity contribution in [1.82, 2.24) is 9.80 Å². The molecule has 1 aromatic rings. The van der Waals surface area contributed by atoms with E-state index in [4.69, 9.17) is 10.5 Å². The molecule has 5 heteroatoms. The Balaban J connectivity index is 1.59. The molecule has 2 N–H and O–H groups in total. The Morgan fingerprint density at radius 1 is 1.17 bits per heavy atom. The summed E-state index contributed by atoms with van der Waals surface area (Å²) in [7, 11) is 0. The van der Waals surface area contributed by atoms with Crippen LogP contribution in [0.5, 0.6) is 0 Å². The van der Waals surface area contributed by atoms with E-state index in [-0.39, 0.29) is 24.2 Å². The molecule has 2 heterocycles. The van der Waals surface area contributed by atoms with Crippen LogP contribution in [0.3, 0.4) is 0 Å². The highest BCUT2D eigenvalue weighted by molar-refractivity contribution is 5.94. The molecule has 0 radical (unpaired) electrons.